The Bertz CT molecular complexity index is 357. The Kier molecular flexibility index (Phi) is 6.55. The van der Waals surface area contributed by atoms with Crippen molar-refractivity contribution in [2.75, 3.05) is 19.6 Å². The van der Waals surface area contributed by atoms with Crippen molar-refractivity contribution < 1.29 is 5.11 Å². The number of likely N-dealkylation sites (tertiary alicyclic amines) is 1. The van der Waals surface area contributed by atoms with Crippen LogP contribution in [0, 0.1) is 5.92 Å². The lowest BCUT2D eigenvalue weighted by Crippen LogP contribution is -2.35. The molecule has 112 valence electrons. The second kappa shape index (κ2) is 8.43. The van der Waals surface area contributed by atoms with Crippen LogP contribution in [0.4, 0.5) is 0 Å². The average Bonchev–Trinajstić information content (AvgIpc) is 2.50. The summed E-state index contributed by atoms with van der Waals surface area (Å²) >= 11 is 0. The van der Waals surface area contributed by atoms with Gasteiger partial charge in [0.2, 0.25) is 0 Å². The van der Waals surface area contributed by atoms with Gasteiger partial charge in [0.25, 0.3) is 0 Å². The van der Waals surface area contributed by atoms with Crippen molar-refractivity contribution in [1.82, 2.24) is 4.90 Å². The maximum absolute atomic E-state index is 9.58. The largest absolute Gasteiger partial charge is 0.393 e. The summed E-state index contributed by atoms with van der Waals surface area (Å²) in [5.41, 5.74) is 1.48. The highest BCUT2D eigenvalue weighted by Crippen LogP contribution is 2.21. The van der Waals surface area contributed by atoms with Gasteiger partial charge < -0.3 is 10.0 Å². The predicted octanol–water partition coefficient (Wildman–Crippen LogP) is 3.49. The van der Waals surface area contributed by atoms with Crippen LogP contribution in [0.3, 0.4) is 0 Å². The minimum Gasteiger partial charge on any atom is -0.393 e. The molecule has 1 atom stereocenters. The summed E-state index contributed by atoms with van der Waals surface area (Å²) in [5.74, 6) is 0.856. The molecule has 1 unspecified atom stereocenters. The number of aliphatic hydroxyl groups is 1. The van der Waals surface area contributed by atoms with Crippen molar-refractivity contribution in [3.63, 3.8) is 0 Å². The molecule has 0 radical (unpaired) electrons. The quantitative estimate of drug-likeness (QED) is 0.823. The number of nitrogens with zero attached hydrogens (tertiary/aromatic N) is 1. The molecule has 0 amide bonds. The van der Waals surface area contributed by atoms with Gasteiger partial charge in [-0.05, 0) is 69.6 Å². The van der Waals surface area contributed by atoms with E-state index < -0.39 is 0 Å². The Morgan fingerprint density at radius 2 is 1.90 bits per heavy atom. The van der Waals surface area contributed by atoms with E-state index in [9.17, 15) is 5.11 Å². The first-order valence-corrected chi connectivity index (χ1v) is 8.22. The lowest BCUT2D eigenvalue weighted by atomic mass is 9.90. The van der Waals surface area contributed by atoms with Gasteiger partial charge in [-0.2, -0.15) is 0 Å². The summed E-state index contributed by atoms with van der Waals surface area (Å²) in [6, 6.07) is 10.9. The van der Waals surface area contributed by atoms with Crippen molar-refractivity contribution in [1.29, 1.82) is 0 Å². The van der Waals surface area contributed by atoms with Gasteiger partial charge in [-0.15, -0.1) is 0 Å². The van der Waals surface area contributed by atoms with Gasteiger partial charge in [0, 0.05) is 0 Å². The Balaban J connectivity index is 1.63. The number of hydrogen-bond acceptors (Lipinski definition) is 2. The number of aliphatic hydroxyl groups excluding tert-OH is 1. The number of hydrogen-bond donors (Lipinski definition) is 1. The van der Waals surface area contributed by atoms with E-state index in [0.717, 1.165) is 31.7 Å². The molecule has 1 aliphatic heterocycles. The predicted molar refractivity (Wildman–Crippen MR) is 84.8 cm³/mol. The molecule has 0 spiro atoms. The zero-order valence-electron chi connectivity index (χ0n) is 12.8. The van der Waals surface area contributed by atoms with Crippen molar-refractivity contribution in [3.8, 4) is 0 Å². The van der Waals surface area contributed by atoms with Crippen molar-refractivity contribution in [2.24, 2.45) is 5.92 Å². The zero-order chi connectivity index (χ0) is 14.2. The maximum Gasteiger partial charge on any atom is 0.0538 e. The molecule has 0 saturated carbocycles. The molecule has 1 saturated heterocycles. The zero-order valence-corrected chi connectivity index (χ0v) is 12.8. The second-order valence-corrected chi connectivity index (χ2v) is 6.18. The Morgan fingerprint density at radius 3 is 2.55 bits per heavy atom. The molecule has 2 rings (SSSR count). The third-order valence-electron chi connectivity index (χ3n) is 4.56. The highest BCUT2D eigenvalue weighted by atomic mass is 16.3. The third kappa shape index (κ3) is 5.26. The highest BCUT2D eigenvalue weighted by molar-refractivity contribution is 5.15. The molecule has 2 nitrogen and oxygen atoms in total. The van der Waals surface area contributed by atoms with Crippen LogP contribution >= 0.6 is 0 Å². The summed E-state index contributed by atoms with van der Waals surface area (Å²) in [6.45, 7) is 5.69. The van der Waals surface area contributed by atoms with E-state index in [4.69, 9.17) is 0 Å². The summed E-state index contributed by atoms with van der Waals surface area (Å²) in [7, 11) is 0. The SMILES string of the molecule is CCC(O)CCCN1CCC(Cc2ccccc2)CC1. The smallest absolute Gasteiger partial charge is 0.0538 e. The van der Waals surface area contributed by atoms with Crippen LogP contribution in [0.1, 0.15) is 44.6 Å². The van der Waals surface area contributed by atoms with Gasteiger partial charge in [-0.25, -0.2) is 0 Å². The fourth-order valence-electron chi connectivity index (χ4n) is 3.12. The molecule has 0 aliphatic carbocycles. The average molecular weight is 275 g/mol. The van der Waals surface area contributed by atoms with E-state index >= 15 is 0 Å². The molecule has 1 aromatic rings. The van der Waals surface area contributed by atoms with Gasteiger partial charge in [-0.1, -0.05) is 37.3 Å². The number of rotatable bonds is 7. The summed E-state index contributed by atoms with van der Waals surface area (Å²) in [6.07, 6.45) is 6.78. The van der Waals surface area contributed by atoms with E-state index in [1.165, 1.54) is 37.9 Å². The molecular formula is C18H29NO. The molecule has 0 aromatic heterocycles. The topological polar surface area (TPSA) is 23.5 Å². The van der Waals surface area contributed by atoms with E-state index in [0.29, 0.717) is 0 Å². The van der Waals surface area contributed by atoms with Crippen LogP contribution in [0.15, 0.2) is 30.3 Å². The van der Waals surface area contributed by atoms with Crippen LogP contribution < -0.4 is 0 Å². The molecule has 1 aromatic carbocycles. The second-order valence-electron chi connectivity index (χ2n) is 6.18. The van der Waals surface area contributed by atoms with Crippen molar-refractivity contribution in [2.45, 2.75) is 51.6 Å². The van der Waals surface area contributed by atoms with Crippen molar-refractivity contribution in [3.05, 3.63) is 35.9 Å². The van der Waals surface area contributed by atoms with Gasteiger partial charge in [0.15, 0.2) is 0 Å². The van der Waals surface area contributed by atoms with Gasteiger partial charge in [0.1, 0.15) is 0 Å². The summed E-state index contributed by atoms with van der Waals surface area (Å²) in [5, 5.41) is 9.58. The minimum absolute atomic E-state index is 0.0920. The molecule has 1 N–H and O–H groups in total. The maximum atomic E-state index is 9.58. The number of benzene rings is 1. The van der Waals surface area contributed by atoms with E-state index in [-0.39, 0.29) is 6.10 Å². The molecule has 2 heteroatoms. The fraction of sp³-hybridized carbons (Fsp3) is 0.667. The molecule has 1 aliphatic rings. The van der Waals surface area contributed by atoms with Crippen LogP contribution in [-0.2, 0) is 6.42 Å². The Labute approximate surface area is 123 Å². The first-order valence-electron chi connectivity index (χ1n) is 8.22. The van der Waals surface area contributed by atoms with Gasteiger partial charge >= 0.3 is 0 Å². The van der Waals surface area contributed by atoms with E-state index in [2.05, 4.69) is 42.2 Å². The Morgan fingerprint density at radius 1 is 1.20 bits per heavy atom. The minimum atomic E-state index is -0.0920. The van der Waals surface area contributed by atoms with Crippen LogP contribution in [0.5, 0.6) is 0 Å². The molecule has 1 fully saturated rings. The molecular weight excluding hydrogens is 246 g/mol. The monoisotopic (exact) mass is 275 g/mol. The van der Waals surface area contributed by atoms with E-state index in [1.54, 1.807) is 0 Å². The standard InChI is InChI=1S/C18H29NO/c1-2-18(20)9-6-12-19-13-10-17(11-14-19)15-16-7-4-3-5-8-16/h3-5,7-8,17-18,20H,2,6,9-15H2,1H3. The van der Waals surface area contributed by atoms with Crippen LogP contribution in [0.2, 0.25) is 0 Å². The third-order valence-corrected chi connectivity index (χ3v) is 4.56. The fourth-order valence-corrected chi connectivity index (χ4v) is 3.12. The summed E-state index contributed by atoms with van der Waals surface area (Å²) < 4.78 is 0. The summed E-state index contributed by atoms with van der Waals surface area (Å²) in [4.78, 5) is 2.57. The van der Waals surface area contributed by atoms with Gasteiger partial charge in [-0.3, -0.25) is 0 Å². The lowest BCUT2D eigenvalue weighted by Gasteiger charge is -2.32. The van der Waals surface area contributed by atoms with E-state index in [1.807, 2.05) is 0 Å². The first-order chi connectivity index (χ1) is 9.78. The van der Waals surface area contributed by atoms with Crippen LogP contribution in [-0.4, -0.2) is 35.7 Å². The van der Waals surface area contributed by atoms with Crippen molar-refractivity contribution >= 4 is 0 Å². The lowest BCUT2D eigenvalue weighted by molar-refractivity contribution is 0.138. The van der Waals surface area contributed by atoms with Gasteiger partial charge in [0.05, 0.1) is 6.10 Å². The molecule has 0 bridgehead atoms. The molecule has 20 heavy (non-hydrogen) atoms. The Hall–Kier alpha value is -0.860. The normalized spacial score (nSPS) is 19.1. The first kappa shape index (κ1) is 15.5. The highest BCUT2D eigenvalue weighted by Gasteiger charge is 2.19. The van der Waals surface area contributed by atoms with Crippen LogP contribution in [0.25, 0.3) is 0 Å². The molecule has 1 heterocycles. The number of piperidine rings is 1.